The van der Waals surface area contributed by atoms with Gasteiger partial charge < -0.3 is 10.2 Å². The molecule has 0 aliphatic rings. The number of hydrogen-bond donors (Lipinski definition) is 1. The van der Waals surface area contributed by atoms with Crippen LogP contribution in [0, 0.1) is 0 Å². The van der Waals surface area contributed by atoms with Gasteiger partial charge in [0.15, 0.2) is 0 Å². The summed E-state index contributed by atoms with van der Waals surface area (Å²) in [5.41, 5.74) is 1.33. The average molecular weight is 299 g/mol. The van der Waals surface area contributed by atoms with Crippen molar-refractivity contribution in [2.24, 2.45) is 0 Å². The van der Waals surface area contributed by atoms with Crippen molar-refractivity contribution in [1.82, 2.24) is 10.2 Å². The van der Waals surface area contributed by atoms with Crippen LogP contribution < -0.4 is 5.32 Å². The second-order valence-corrected chi connectivity index (χ2v) is 5.17. The van der Waals surface area contributed by atoms with Crippen molar-refractivity contribution < 1.29 is 0 Å². The van der Waals surface area contributed by atoms with E-state index in [4.69, 9.17) is 0 Å². The fourth-order valence-corrected chi connectivity index (χ4v) is 2.29. The molecule has 1 aromatic carbocycles. The van der Waals surface area contributed by atoms with Gasteiger partial charge in [-0.2, -0.15) is 0 Å². The topological polar surface area (TPSA) is 15.3 Å². The van der Waals surface area contributed by atoms with E-state index in [1.54, 1.807) is 0 Å². The molecule has 17 heavy (non-hydrogen) atoms. The van der Waals surface area contributed by atoms with Crippen LogP contribution in [0.3, 0.4) is 0 Å². The number of halogens is 1. The van der Waals surface area contributed by atoms with Crippen LogP contribution in [0.25, 0.3) is 0 Å². The van der Waals surface area contributed by atoms with Crippen molar-refractivity contribution >= 4 is 15.9 Å². The third kappa shape index (κ3) is 5.19. The molecule has 0 amide bonds. The Morgan fingerprint density at radius 3 is 2.59 bits per heavy atom. The van der Waals surface area contributed by atoms with Crippen molar-refractivity contribution in [3.63, 3.8) is 0 Å². The summed E-state index contributed by atoms with van der Waals surface area (Å²) >= 11 is 3.51. The minimum absolute atomic E-state index is 0.406. The van der Waals surface area contributed by atoms with Gasteiger partial charge in [-0.3, -0.25) is 0 Å². The van der Waals surface area contributed by atoms with Gasteiger partial charge in [-0.1, -0.05) is 41.9 Å². The second kappa shape index (κ2) is 7.85. The van der Waals surface area contributed by atoms with E-state index in [1.807, 2.05) is 0 Å². The highest BCUT2D eigenvalue weighted by Gasteiger charge is 2.05. The SMILES string of the molecule is CCN(CC)CCN[C@H](C)c1cccc(Br)c1. The molecule has 2 nitrogen and oxygen atoms in total. The van der Waals surface area contributed by atoms with Gasteiger partial charge in [-0.05, 0) is 37.7 Å². The van der Waals surface area contributed by atoms with E-state index in [2.05, 4.69) is 71.2 Å². The van der Waals surface area contributed by atoms with Crippen molar-refractivity contribution in [3.8, 4) is 0 Å². The van der Waals surface area contributed by atoms with Crippen molar-refractivity contribution in [3.05, 3.63) is 34.3 Å². The molecule has 0 radical (unpaired) electrons. The first-order valence-corrected chi connectivity index (χ1v) is 7.17. The van der Waals surface area contributed by atoms with Crippen LogP contribution in [0.2, 0.25) is 0 Å². The van der Waals surface area contributed by atoms with Crippen LogP contribution in [0.4, 0.5) is 0 Å². The Morgan fingerprint density at radius 2 is 2.00 bits per heavy atom. The van der Waals surface area contributed by atoms with E-state index in [-0.39, 0.29) is 0 Å². The Balaban J connectivity index is 2.37. The Labute approximate surface area is 114 Å². The molecular weight excluding hydrogens is 276 g/mol. The molecule has 0 aliphatic heterocycles. The van der Waals surface area contributed by atoms with Gasteiger partial charge in [-0.25, -0.2) is 0 Å². The number of likely N-dealkylation sites (N-methyl/N-ethyl adjacent to an activating group) is 1. The second-order valence-electron chi connectivity index (χ2n) is 4.26. The summed E-state index contributed by atoms with van der Waals surface area (Å²) in [5, 5.41) is 3.56. The molecule has 0 spiro atoms. The van der Waals surface area contributed by atoms with E-state index < -0.39 is 0 Å². The molecule has 1 atom stereocenters. The van der Waals surface area contributed by atoms with Crippen LogP contribution in [-0.4, -0.2) is 31.1 Å². The molecule has 0 bridgehead atoms. The highest BCUT2D eigenvalue weighted by atomic mass is 79.9. The fourth-order valence-electron chi connectivity index (χ4n) is 1.87. The minimum atomic E-state index is 0.406. The van der Waals surface area contributed by atoms with E-state index in [9.17, 15) is 0 Å². The summed E-state index contributed by atoms with van der Waals surface area (Å²) in [6, 6.07) is 8.89. The Morgan fingerprint density at radius 1 is 1.29 bits per heavy atom. The van der Waals surface area contributed by atoms with Gasteiger partial charge in [0.05, 0.1) is 0 Å². The molecular formula is C14H23BrN2. The smallest absolute Gasteiger partial charge is 0.0292 e. The monoisotopic (exact) mass is 298 g/mol. The molecule has 96 valence electrons. The quantitative estimate of drug-likeness (QED) is 0.829. The predicted octanol–water partition coefficient (Wildman–Crippen LogP) is 3.44. The highest BCUT2D eigenvalue weighted by molar-refractivity contribution is 9.10. The Bertz CT molecular complexity index is 324. The number of nitrogens with one attached hydrogen (secondary N) is 1. The molecule has 0 fully saturated rings. The van der Waals surface area contributed by atoms with Gasteiger partial charge in [0, 0.05) is 23.6 Å². The zero-order chi connectivity index (χ0) is 12.7. The molecule has 0 saturated heterocycles. The molecule has 0 unspecified atom stereocenters. The largest absolute Gasteiger partial charge is 0.309 e. The first kappa shape index (κ1) is 14.7. The van der Waals surface area contributed by atoms with E-state index in [1.165, 1.54) is 5.56 Å². The van der Waals surface area contributed by atoms with Crippen molar-refractivity contribution in [2.75, 3.05) is 26.2 Å². The molecule has 3 heteroatoms. The van der Waals surface area contributed by atoms with Gasteiger partial charge in [0.2, 0.25) is 0 Å². The minimum Gasteiger partial charge on any atom is -0.309 e. The van der Waals surface area contributed by atoms with Crippen LogP contribution >= 0.6 is 15.9 Å². The lowest BCUT2D eigenvalue weighted by Crippen LogP contribution is -2.33. The summed E-state index contributed by atoms with van der Waals surface area (Å²) in [6.45, 7) is 11.0. The third-order valence-electron chi connectivity index (χ3n) is 3.12. The molecule has 0 aliphatic carbocycles. The van der Waals surface area contributed by atoms with E-state index in [0.717, 1.165) is 30.7 Å². The van der Waals surface area contributed by atoms with Crippen LogP contribution in [-0.2, 0) is 0 Å². The summed E-state index contributed by atoms with van der Waals surface area (Å²) in [5.74, 6) is 0. The molecule has 0 saturated carbocycles. The maximum absolute atomic E-state index is 3.56. The van der Waals surface area contributed by atoms with Gasteiger partial charge in [-0.15, -0.1) is 0 Å². The van der Waals surface area contributed by atoms with Crippen LogP contribution in [0.15, 0.2) is 28.7 Å². The normalized spacial score (nSPS) is 13.0. The molecule has 1 aromatic rings. The summed E-state index contributed by atoms with van der Waals surface area (Å²) in [7, 11) is 0. The Kier molecular flexibility index (Phi) is 6.78. The summed E-state index contributed by atoms with van der Waals surface area (Å²) < 4.78 is 1.15. The van der Waals surface area contributed by atoms with Crippen LogP contribution in [0.5, 0.6) is 0 Å². The van der Waals surface area contributed by atoms with Crippen molar-refractivity contribution in [1.29, 1.82) is 0 Å². The first-order chi connectivity index (χ1) is 8.17. The van der Waals surface area contributed by atoms with Crippen molar-refractivity contribution in [2.45, 2.75) is 26.8 Å². The Hall–Kier alpha value is -0.380. The van der Waals surface area contributed by atoms with Gasteiger partial charge in [0.25, 0.3) is 0 Å². The number of rotatable bonds is 7. The number of benzene rings is 1. The lowest BCUT2D eigenvalue weighted by atomic mass is 10.1. The molecule has 1 rings (SSSR count). The zero-order valence-corrected chi connectivity index (χ0v) is 12.6. The third-order valence-corrected chi connectivity index (χ3v) is 3.61. The standard InChI is InChI=1S/C14H23BrN2/c1-4-17(5-2)10-9-16-12(3)13-7-6-8-14(15)11-13/h6-8,11-12,16H,4-5,9-10H2,1-3H3/t12-/m1/s1. The maximum atomic E-state index is 3.56. The zero-order valence-electron chi connectivity index (χ0n) is 11.0. The molecule has 0 aromatic heterocycles. The van der Waals surface area contributed by atoms with E-state index in [0.29, 0.717) is 6.04 Å². The van der Waals surface area contributed by atoms with Gasteiger partial charge in [0.1, 0.15) is 0 Å². The molecule has 0 heterocycles. The number of nitrogens with zero attached hydrogens (tertiary/aromatic N) is 1. The lowest BCUT2D eigenvalue weighted by Gasteiger charge is -2.20. The highest BCUT2D eigenvalue weighted by Crippen LogP contribution is 2.17. The maximum Gasteiger partial charge on any atom is 0.0292 e. The summed E-state index contributed by atoms with van der Waals surface area (Å²) in [6.07, 6.45) is 0. The van der Waals surface area contributed by atoms with Gasteiger partial charge >= 0.3 is 0 Å². The predicted molar refractivity (Wildman–Crippen MR) is 78.3 cm³/mol. The molecule has 1 N–H and O–H groups in total. The first-order valence-electron chi connectivity index (χ1n) is 6.38. The average Bonchev–Trinajstić information content (AvgIpc) is 2.34. The van der Waals surface area contributed by atoms with Crippen LogP contribution in [0.1, 0.15) is 32.4 Å². The number of hydrogen-bond acceptors (Lipinski definition) is 2. The summed E-state index contributed by atoms with van der Waals surface area (Å²) in [4.78, 5) is 2.43. The lowest BCUT2D eigenvalue weighted by molar-refractivity contribution is 0.298. The fraction of sp³-hybridized carbons (Fsp3) is 0.571. The van der Waals surface area contributed by atoms with E-state index >= 15 is 0 Å².